The van der Waals surface area contributed by atoms with E-state index in [1.807, 2.05) is 26.0 Å². The molecule has 90 valence electrons. The lowest BCUT2D eigenvalue weighted by Crippen LogP contribution is -1.91. The molecule has 0 spiro atoms. The van der Waals surface area contributed by atoms with Crippen molar-refractivity contribution in [3.05, 3.63) is 28.5 Å². The molecular weight excluding hydrogens is 302 g/mol. The molecule has 1 aromatic heterocycles. The van der Waals surface area contributed by atoms with Crippen molar-refractivity contribution in [1.29, 1.82) is 0 Å². The zero-order valence-corrected chi connectivity index (χ0v) is 11.9. The highest BCUT2D eigenvalue weighted by Crippen LogP contribution is 2.29. The third-order valence-corrected chi connectivity index (χ3v) is 3.11. The van der Waals surface area contributed by atoms with Crippen molar-refractivity contribution in [2.75, 3.05) is 5.73 Å². The van der Waals surface area contributed by atoms with Crippen LogP contribution in [-0.4, -0.2) is 9.36 Å². The quantitative estimate of drug-likeness (QED) is 0.875. The maximum absolute atomic E-state index is 5.72. The molecular formula is C11H12BrN3OS. The molecule has 6 heteroatoms. The fraction of sp³-hybridized carbons (Fsp3) is 0.273. The number of nitrogen functional groups attached to an aromatic ring is 1. The molecule has 1 aromatic carbocycles. The summed E-state index contributed by atoms with van der Waals surface area (Å²) < 4.78 is 10.7. The van der Waals surface area contributed by atoms with Gasteiger partial charge in [0.05, 0.1) is 0 Å². The maximum Gasteiger partial charge on any atom is 0.298 e. The lowest BCUT2D eigenvalue weighted by Gasteiger charge is -2.03. The first-order valence-corrected chi connectivity index (χ1v) is 6.69. The predicted molar refractivity (Wildman–Crippen MR) is 72.6 cm³/mol. The molecule has 0 radical (unpaired) electrons. The summed E-state index contributed by atoms with van der Waals surface area (Å²) >= 11 is 4.61. The summed E-state index contributed by atoms with van der Waals surface area (Å²) in [6.07, 6.45) is 0. The van der Waals surface area contributed by atoms with Gasteiger partial charge in [0.25, 0.3) is 5.19 Å². The third-order valence-electron chi connectivity index (χ3n) is 2.04. The van der Waals surface area contributed by atoms with Crippen molar-refractivity contribution in [2.24, 2.45) is 0 Å². The van der Waals surface area contributed by atoms with E-state index in [4.69, 9.17) is 10.5 Å². The molecule has 0 aliphatic carbocycles. The normalized spacial score (nSPS) is 10.8. The number of halogens is 1. The van der Waals surface area contributed by atoms with E-state index in [1.54, 1.807) is 6.07 Å². The average Bonchev–Trinajstić information content (AvgIpc) is 2.64. The third kappa shape index (κ3) is 3.17. The van der Waals surface area contributed by atoms with Crippen LogP contribution in [0.15, 0.2) is 22.7 Å². The summed E-state index contributed by atoms with van der Waals surface area (Å²) in [7, 11) is 0. The Labute approximate surface area is 112 Å². The van der Waals surface area contributed by atoms with E-state index in [9.17, 15) is 0 Å². The number of ether oxygens (including phenoxy) is 1. The molecule has 0 amide bonds. The molecule has 0 aliphatic heterocycles. The predicted octanol–water partition coefficient (Wildman–Crippen LogP) is 3.80. The van der Waals surface area contributed by atoms with Gasteiger partial charge in [-0.1, -0.05) is 29.8 Å². The van der Waals surface area contributed by atoms with Crippen LogP contribution < -0.4 is 10.5 Å². The van der Waals surface area contributed by atoms with Gasteiger partial charge in [-0.3, -0.25) is 0 Å². The van der Waals surface area contributed by atoms with Gasteiger partial charge >= 0.3 is 0 Å². The molecule has 17 heavy (non-hydrogen) atoms. The number of nitrogens with zero attached hydrogens (tertiary/aromatic N) is 2. The van der Waals surface area contributed by atoms with Crippen molar-refractivity contribution in [3.63, 3.8) is 0 Å². The standard InChI is InChI=1S/C11H12BrN3OS/c1-6(2)10-14-11(17-15-10)16-9-4-7(12)3-8(13)5-9/h3-6H,13H2,1-2H3. The molecule has 2 N–H and O–H groups in total. The number of aromatic nitrogens is 2. The molecule has 1 heterocycles. The van der Waals surface area contributed by atoms with E-state index in [2.05, 4.69) is 25.3 Å². The van der Waals surface area contributed by atoms with Crippen LogP contribution in [0.4, 0.5) is 5.69 Å². The van der Waals surface area contributed by atoms with Gasteiger partial charge in [0.15, 0.2) is 0 Å². The molecule has 0 bridgehead atoms. The van der Waals surface area contributed by atoms with Crippen LogP contribution in [-0.2, 0) is 0 Å². The van der Waals surface area contributed by atoms with Gasteiger partial charge in [0, 0.05) is 33.7 Å². The van der Waals surface area contributed by atoms with E-state index in [-0.39, 0.29) is 0 Å². The van der Waals surface area contributed by atoms with Crippen molar-refractivity contribution in [2.45, 2.75) is 19.8 Å². The van der Waals surface area contributed by atoms with Gasteiger partial charge in [-0.15, -0.1) is 0 Å². The van der Waals surface area contributed by atoms with Crippen molar-refractivity contribution >= 4 is 33.1 Å². The first kappa shape index (κ1) is 12.3. The van der Waals surface area contributed by atoms with E-state index in [0.29, 0.717) is 22.5 Å². The number of anilines is 1. The second-order valence-electron chi connectivity index (χ2n) is 3.90. The van der Waals surface area contributed by atoms with Crippen LogP contribution in [0.5, 0.6) is 10.9 Å². The maximum atomic E-state index is 5.72. The molecule has 2 rings (SSSR count). The molecule has 0 saturated carbocycles. The summed E-state index contributed by atoms with van der Waals surface area (Å²) in [5, 5.41) is 0.534. The fourth-order valence-corrected chi connectivity index (χ4v) is 2.42. The Balaban J connectivity index is 2.19. The van der Waals surface area contributed by atoms with E-state index >= 15 is 0 Å². The first-order valence-electron chi connectivity index (χ1n) is 5.12. The molecule has 0 aliphatic rings. The topological polar surface area (TPSA) is 61.0 Å². The Bertz CT molecular complexity index is 507. The van der Waals surface area contributed by atoms with Gasteiger partial charge in [-0.25, -0.2) is 0 Å². The molecule has 4 nitrogen and oxygen atoms in total. The molecule has 0 saturated heterocycles. The minimum atomic E-state index is 0.302. The van der Waals surface area contributed by atoms with E-state index < -0.39 is 0 Å². The second-order valence-corrected chi connectivity index (χ2v) is 5.53. The highest BCUT2D eigenvalue weighted by atomic mass is 79.9. The second kappa shape index (κ2) is 5.01. The number of hydrogen-bond acceptors (Lipinski definition) is 5. The number of hydrogen-bond donors (Lipinski definition) is 1. The van der Waals surface area contributed by atoms with Crippen LogP contribution in [0, 0.1) is 0 Å². The monoisotopic (exact) mass is 313 g/mol. The lowest BCUT2D eigenvalue weighted by molar-refractivity contribution is 0.476. The largest absolute Gasteiger partial charge is 0.430 e. The van der Waals surface area contributed by atoms with Gasteiger partial charge in [0.1, 0.15) is 11.6 Å². The van der Waals surface area contributed by atoms with Crippen molar-refractivity contribution < 1.29 is 4.74 Å². The number of rotatable bonds is 3. The Kier molecular flexibility index (Phi) is 3.63. The van der Waals surface area contributed by atoms with Gasteiger partial charge in [0.2, 0.25) is 0 Å². The Morgan fingerprint density at radius 2 is 2.12 bits per heavy atom. The van der Waals surface area contributed by atoms with Crippen LogP contribution in [0.25, 0.3) is 0 Å². The SMILES string of the molecule is CC(C)c1nsc(Oc2cc(N)cc(Br)c2)n1. The summed E-state index contributed by atoms with van der Waals surface area (Å²) in [5.74, 6) is 1.76. The van der Waals surface area contributed by atoms with Gasteiger partial charge < -0.3 is 10.5 Å². The van der Waals surface area contributed by atoms with Gasteiger partial charge in [-0.05, 0) is 12.1 Å². The Morgan fingerprint density at radius 1 is 1.35 bits per heavy atom. The average molecular weight is 314 g/mol. The number of nitrogens with two attached hydrogens (primary N) is 1. The molecule has 0 fully saturated rings. The fourth-order valence-electron chi connectivity index (χ4n) is 1.24. The zero-order chi connectivity index (χ0) is 12.4. The Hall–Kier alpha value is -1.14. The zero-order valence-electron chi connectivity index (χ0n) is 9.48. The van der Waals surface area contributed by atoms with E-state index in [1.165, 1.54) is 11.5 Å². The summed E-state index contributed by atoms with van der Waals surface area (Å²) in [6, 6.07) is 5.40. The summed E-state index contributed by atoms with van der Waals surface area (Å²) in [6.45, 7) is 4.09. The summed E-state index contributed by atoms with van der Waals surface area (Å²) in [5.41, 5.74) is 6.37. The molecule has 0 atom stereocenters. The van der Waals surface area contributed by atoms with Gasteiger partial charge in [-0.2, -0.15) is 9.36 Å². The van der Waals surface area contributed by atoms with Crippen LogP contribution in [0.3, 0.4) is 0 Å². The highest BCUT2D eigenvalue weighted by Gasteiger charge is 2.09. The van der Waals surface area contributed by atoms with Crippen LogP contribution >= 0.6 is 27.5 Å². The minimum Gasteiger partial charge on any atom is -0.430 e. The van der Waals surface area contributed by atoms with Crippen LogP contribution in [0.1, 0.15) is 25.6 Å². The summed E-state index contributed by atoms with van der Waals surface area (Å²) in [4.78, 5) is 4.29. The molecule has 2 aromatic rings. The Morgan fingerprint density at radius 3 is 2.71 bits per heavy atom. The molecule has 0 unspecified atom stereocenters. The van der Waals surface area contributed by atoms with Crippen LogP contribution in [0.2, 0.25) is 0 Å². The number of benzene rings is 1. The minimum absolute atomic E-state index is 0.302. The first-order chi connectivity index (χ1) is 8.04. The smallest absolute Gasteiger partial charge is 0.298 e. The van der Waals surface area contributed by atoms with Crippen molar-refractivity contribution in [1.82, 2.24) is 9.36 Å². The van der Waals surface area contributed by atoms with Crippen molar-refractivity contribution in [3.8, 4) is 10.9 Å². The highest BCUT2D eigenvalue weighted by molar-refractivity contribution is 9.10. The lowest BCUT2D eigenvalue weighted by atomic mass is 10.2. The van der Waals surface area contributed by atoms with E-state index in [0.717, 1.165) is 10.3 Å².